The van der Waals surface area contributed by atoms with E-state index in [-0.39, 0.29) is 5.91 Å². The molecule has 0 saturated carbocycles. The third-order valence-electron chi connectivity index (χ3n) is 5.20. The second kappa shape index (κ2) is 6.20. The minimum atomic E-state index is -1.19. The highest BCUT2D eigenvalue weighted by Gasteiger charge is 2.65. The van der Waals surface area contributed by atoms with E-state index >= 15 is 0 Å². The number of likely N-dealkylation sites (tertiary alicyclic amines) is 1. The number of carboxylic acids is 1. The van der Waals surface area contributed by atoms with Crippen LogP contribution in [0.25, 0.3) is 0 Å². The standard InChI is InChI=1S/C19H25NO4/c1-12(2)5-4-6-13(3)8-10-20-11-19-9-7-14(24-19)15(18(22)23)16(19)17(20)21/h5,7-9,14-16H,4,6,10-11H2,1-3H3,(H,22,23)/p-1/t14-,15+,16+,19-/m1/s1. The summed E-state index contributed by atoms with van der Waals surface area (Å²) >= 11 is 0. The van der Waals surface area contributed by atoms with E-state index in [1.165, 1.54) is 11.1 Å². The van der Waals surface area contributed by atoms with Gasteiger partial charge in [0.25, 0.3) is 0 Å². The average molecular weight is 330 g/mol. The van der Waals surface area contributed by atoms with Gasteiger partial charge in [-0.15, -0.1) is 0 Å². The van der Waals surface area contributed by atoms with Crippen LogP contribution < -0.4 is 5.11 Å². The van der Waals surface area contributed by atoms with Gasteiger partial charge < -0.3 is 19.5 Å². The van der Waals surface area contributed by atoms with Gasteiger partial charge in [-0.1, -0.05) is 35.5 Å². The van der Waals surface area contributed by atoms with Gasteiger partial charge in [0, 0.05) is 18.4 Å². The van der Waals surface area contributed by atoms with Crippen molar-refractivity contribution >= 4 is 11.9 Å². The molecule has 2 saturated heterocycles. The van der Waals surface area contributed by atoms with Crippen LogP contribution in [-0.2, 0) is 14.3 Å². The first-order valence-corrected chi connectivity index (χ1v) is 8.50. The molecule has 0 aliphatic carbocycles. The van der Waals surface area contributed by atoms with Gasteiger partial charge in [-0.2, -0.15) is 0 Å². The smallest absolute Gasteiger partial charge is 0.230 e. The Balaban J connectivity index is 1.66. The Bertz CT molecular complexity index is 644. The molecular formula is C19H24NO4-. The Hall–Kier alpha value is -1.88. The lowest BCUT2D eigenvalue weighted by Gasteiger charge is -2.24. The number of amides is 1. The summed E-state index contributed by atoms with van der Waals surface area (Å²) in [6.07, 6.45) is 9.31. The summed E-state index contributed by atoms with van der Waals surface area (Å²) in [5, 5.41) is 11.4. The van der Waals surface area contributed by atoms with Crippen LogP contribution in [0, 0.1) is 11.8 Å². The topological polar surface area (TPSA) is 69.7 Å². The molecule has 3 aliphatic heterocycles. The number of aliphatic carboxylic acids is 1. The van der Waals surface area contributed by atoms with Gasteiger partial charge in [-0.25, -0.2) is 0 Å². The fourth-order valence-corrected chi connectivity index (χ4v) is 3.96. The normalized spacial score (nSPS) is 34.0. The van der Waals surface area contributed by atoms with Crippen LogP contribution in [-0.4, -0.2) is 41.6 Å². The van der Waals surface area contributed by atoms with Crippen LogP contribution in [0.15, 0.2) is 35.5 Å². The Morgan fingerprint density at radius 1 is 1.42 bits per heavy atom. The number of hydrogen-bond acceptors (Lipinski definition) is 4. The van der Waals surface area contributed by atoms with Gasteiger partial charge in [-0.3, -0.25) is 4.79 Å². The van der Waals surface area contributed by atoms with Crippen molar-refractivity contribution in [3.63, 3.8) is 0 Å². The van der Waals surface area contributed by atoms with E-state index in [1.54, 1.807) is 11.0 Å². The molecule has 5 nitrogen and oxygen atoms in total. The summed E-state index contributed by atoms with van der Waals surface area (Å²) in [5.41, 5.74) is 1.76. The summed E-state index contributed by atoms with van der Waals surface area (Å²) in [6.45, 7) is 7.14. The lowest BCUT2D eigenvalue weighted by Crippen LogP contribution is -2.45. The predicted molar refractivity (Wildman–Crippen MR) is 87.7 cm³/mol. The quantitative estimate of drug-likeness (QED) is 0.687. The van der Waals surface area contributed by atoms with E-state index < -0.39 is 29.5 Å². The summed E-state index contributed by atoms with van der Waals surface area (Å²) in [4.78, 5) is 25.8. The molecule has 0 N–H and O–H groups in total. The second-order valence-electron chi connectivity index (χ2n) is 7.31. The maximum atomic E-state index is 12.7. The number of carboxylic acid groups (broad SMARTS) is 1. The summed E-state index contributed by atoms with van der Waals surface area (Å²) < 4.78 is 5.83. The first-order valence-electron chi connectivity index (χ1n) is 8.50. The van der Waals surface area contributed by atoms with Crippen LogP contribution in [0.5, 0.6) is 0 Å². The maximum absolute atomic E-state index is 12.7. The number of rotatable bonds is 6. The fourth-order valence-electron chi connectivity index (χ4n) is 3.96. The van der Waals surface area contributed by atoms with Crippen molar-refractivity contribution in [3.05, 3.63) is 35.5 Å². The Kier molecular flexibility index (Phi) is 4.38. The highest BCUT2D eigenvalue weighted by atomic mass is 16.5. The molecule has 2 bridgehead atoms. The van der Waals surface area contributed by atoms with E-state index in [9.17, 15) is 14.7 Å². The van der Waals surface area contributed by atoms with Crippen LogP contribution in [0.4, 0.5) is 0 Å². The lowest BCUT2D eigenvalue weighted by molar-refractivity contribution is -0.313. The molecule has 1 spiro atoms. The predicted octanol–water partition coefficient (Wildman–Crippen LogP) is 1.21. The molecule has 3 rings (SSSR count). The van der Waals surface area contributed by atoms with Gasteiger partial charge in [-0.05, 0) is 33.6 Å². The number of hydrogen-bond donors (Lipinski definition) is 0. The second-order valence-corrected chi connectivity index (χ2v) is 7.31. The molecule has 0 aromatic carbocycles. The molecule has 1 amide bonds. The fraction of sp³-hybridized carbons (Fsp3) is 0.579. The number of ether oxygens (including phenoxy) is 1. The molecule has 130 valence electrons. The minimum Gasteiger partial charge on any atom is -0.550 e. The minimum absolute atomic E-state index is 0.135. The molecule has 0 aromatic rings. The molecule has 3 aliphatic rings. The van der Waals surface area contributed by atoms with E-state index in [0.29, 0.717) is 13.1 Å². The van der Waals surface area contributed by atoms with Gasteiger partial charge >= 0.3 is 0 Å². The molecule has 4 atom stereocenters. The molecule has 2 fully saturated rings. The van der Waals surface area contributed by atoms with E-state index in [1.807, 2.05) is 6.08 Å². The van der Waals surface area contributed by atoms with Crippen molar-refractivity contribution in [2.45, 2.75) is 45.3 Å². The summed E-state index contributed by atoms with van der Waals surface area (Å²) in [6, 6.07) is 0. The van der Waals surface area contributed by atoms with Crippen molar-refractivity contribution in [1.29, 1.82) is 0 Å². The van der Waals surface area contributed by atoms with E-state index in [0.717, 1.165) is 12.8 Å². The average Bonchev–Trinajstić information content (AvgIpc) is 3.13. The summed E-state index contributed by atoms with van der Waals surface area (Å²) in [5.74, 6) is -2.84. The molecule has 0 unspecified atom stereocenters. The monoisotopic (exact) mass is 330 g/mol. The van der Waals surface area contributed by atoms with E-state index in [2.05, 4.69) is 32.9 Å². The molecular weight excluding hydrogens is 306 g/mol. The Morgan fingerprint density at radius 2 is 2.17 bits per heavy atom. The van der Waals surface area contributed by atoms with Gasteiger partial charge in [0.1, 0.15) is 5.60 Å². The highest BCUT2D eigenvalue weighted by Crippen LogP contribution is 2.51. The molecule has 5 heteroatoms. The third kappa shape index (κ3) is 2.81. The van der Waals surface area contributed by atoms with Gasteiger partial charge in [0.15, 0.2) is 0 Å². The Labute approximate surface area is 142 Å². The van der Waals surface area contributed by atoms with Gasteiger partial charge in [0.2, 0.25) is 5.91 Å². The molecule has 0 radical (unpaired) electrons. The van der Waals surface area contributed by atoms with Crippen molar-refractivity contribution in [3.8, 4) is 0 Å². The summed E-state index contributed by atoms with van der Waals surface area (Å²) in [7, 11) is 0. The third-order valence-corrected chi connectivity index (χ3v) is 5.20. The zero-order valence-electron chi connectivity index (χ0n) is 14.5. The van der Waals surface area contributed by atoms with Crippen LogP contribution in [0.1, 0.15) is 33.6 Å². The lowest BCUT2D eigenvalue weighted by atomic mass is 9.77. The van der Waals surface area contributed by atoms with Crippen LogP contribution in [0.3, 0.4) is 0 Å². The first kappa shape index (κ1) is 17.0. The van der Waals surface area contributed by atoms with Crippen molar-refractivity contribution in [2.75, 3.05) is 13.1 Å². The number of nitrogens with zero attached hydrogens (tertiary/aromatic N) is 1. The SMILES string of the molecule is CC(C)=CCCC(C)=CCN1C[C@@]23C=C[C@@H](O2)[C@H](C(=O)[O-])[C@H]3C1=O. The van der Waals surface area contributed by atoms with Crippen molar-refractivity contribution in [1.82, 2.24) is 4.90 Å². The number of fused-ring (bicyclic) bond motifs is 1. The van der Waals surface area contributed by atoms with Gasteiger partial charge in [0.05, 0.1) is 18.6 Å². The number of carbonyl (C=O) groups is 2. The number of allylic oxidation sites excluding steroid dienone is 3. The van der Waals surface area contributed by atoms with Crippen molar-refractivity contribution in [2.24, 2.45) is 11.8 Å². The number of carbonyl (C=O) groups excluding carboxylic acids is 2. The Morgan fingerprint density at radius 3 is 2.83 bits per heavy atom. The highest BCUT2D eigenvalue weighted by molar-refractivity contribution is 5.90. The molecule has 24 heavy (non-hydrogen) atoms. The zero-order chi connectivity index (χ0) is 17.5. The largest absolute Gasteiger partial charge is 0.550 e. The first-order chi connectivity index (χ1) is 11.3. The van der Waals surface area contributed by atoms with Crippen LogP contribution in [0.2, 0.25) is 0 Å². The van der Waals surface area contributed by atoms with Crippen molar-refractivity contribution < 1.29 is 19.4 Å². The van der Waals surface area contributed by atoms with E-state index in [4.69, 9.17) is 4.74 Å². The zero-order valence-corrected chi connectivity index (χ0v) is 14.5. The molecule has 3 heterocycles. The molecule has 0 aromatic heterocycles. The maximum Gasteiger partial charge on any atom is 0.230 e. The van der Waals surface area contributed by atoms with Crippen LogP contribution >= 0.6 is 0 Å².